The summed E-state index contributed by atoms with van der Waals surface area (Å²) in [5.74, 6) is -0.892. The third kappa shape index (κ3) is 9.80. The number of carbonyl (C=O) groups is 2. The standard InChI is InChI=1S/C21H33NO4/c1-3-5-14-25-15-10-13-19(23)20(24)21(26-16-6-4-2)22-17-18-11-8-7-9-12-18/h7-9,11-12,21-22H,3-6,10,13-17H2,1-2H3. The molecule has 0 spiro atoms. The van der Waals surface area contributed by atoms with E-state index >= 15 is 0 Å². The zero-order chi connectivity index (χ0) is 19.0. The smallest absolute Gasteiger partial charge is 0.241 e. The molecule has 26 heavy (non-hydrogen) atoms. The highest BCUT2D eigenvalue weighted by molar-refractivity contribution is 6.38. The number of unbranched alkanes of at least 4 members (excludes halogenated alkanes) is 2. The van der Waals surface area contributed by atoms with Crippen LogP contribution in [0.25, 0.3) is 0 Å². The van der Waals surface area contributed by atoms with Gasteiger partial charge in [0.05, 0.1) is 0 Å². The SMILES string of the molecule is CCCCOCCCC(=O)C(=O)C(NCc1ccccc1)OCCCC. The lowest BCUT2D eigenvalue weighted by Gasteiger charge is -2.18. The van der Waals surface area contributed by atoms with Crippen LogP contribution >= 0.6 is 0 Å². The van der Waals surface area contributed by atoms with E-state index < -0.39 is 17.8 Å². The maximum Gasteiger partial charge on any atom is 0.241 e. The van der Waals surface area contributed by atoms with E-state index in [4.69, 9.17) is 9.47 Å². The Kier molecular flexibility index (Phi) is 12.6. The second-order valence-corrected chi connectivity index (χ2v) is 6.33. The number of carbonyl (C=O) groups excluding carboxylic acids is 2. The predicted octanol–water partition coefficient (Wildman–Crippen LogP) is 3.65. The van der Waals surface area contributed by atoms with E-state index in [-0.39, 0.29) is 6.42 Å². The van der Waals surface area contributed by atoms with Crippen molar-refractivity contribution in [2.45, 2.75) is 65.1 Å². The highest BCUT2D eigenvalue weighted by Crippen LogP contribution is 2.04. The van der Waals surface area contributed by atoms with Crippen LogP contribution in [0.3, 0.4) is 0 Å². The molecule has 0 aliphatic heterocycles. The summed E-state index contributed by atoms with van der Waals surface area (Å²) >= 11 is 0. The topological polar surface area (TPSA) is 64.6 Å². The van der Waals surface area contributed by atoms with Gasteiger partial charge in [0.2, 0.25) is 11.6 Å². The number of hydrogen-bond donors (Lipinski definition) is 1. The van der Waals surface area contributed by atoms with Crippen LogP contribution in [0.4, 0.5) is 0 Å². The van der Waals surface area contributed by atoms with Gasteiger partial charge in [-0.2, -0.15) is 0 Å². The number of ether oxygens (including phenoxy) is 2. The molecule has 1 aromatic rings. The van der Waals surface area contributed by atoms with E-state index in [1.165, 1.54) is 0 Å². The monoisotopic (exact) mass is 363 g/mol. The molecule has 0 bridgehead atoms. The van der Waals surface area contributed by atoms with Crippen molar-refractivity contribution in [3.05, 3.63) is 35.9 Å². The molecule has 0 aromatic heterocycles. The summed E-state index contributed by atoms with van der Waals surface area (Å²) in [5.41, 5.74) is 1.04. The van der Waals surface area contributed by atoms with Crippen molar-refractivity contribution in [3.63, 3.8) is 0 Å². The molecule has 1 atom stereocenters. The summed E-state index contributed by atoms with van der Waals surface area (Å²) < 4.78 is 11.1. The third-order valence-electron chi connectivity index (χ3n) is 3.96. The lowest BCUT2D eigenvalue weighted by Crippen LogP contribution is -2.42. The van der Waals surface area contributed by atoms with Crippen LogP contribution in [0.2, 0.25) is 0 Å². The summed E-state index contributed by atoms with van der Waals surface area (Å²) in [5, 5.41) is 3.07. The first-order valence-electron chi connectivity index (χ1n) is 9.72. The summed E-state index contributed by atoms with van der Waals surface area (Å²) in [6, 6.07) is 9.76. The van der Waals surface area contributed by atoms with Gasteiger partial charge in [-0.05, 0) is 24.8 Å². The van der Waals surface area contributed by atoms with Crippen molar-refractivity contribution < 1.29 is 19.1 Å². The van der Waals surface area contributed by atoms with Gasteiger partial charge >= 0.3 is 0 Å². The highest BCUT2D eigenvalue weighted by Gasteiger charge is 2.25. The first kappa shape index (κ1) is 22.5. The number of benzene rings is 1. The van der Waals surface area contributed by atoms with Crippen molar-refractivity contribution in [1.29, 1.82) is 0 Å². The van der Waals surface area contributed by atoms with Crippen molar-refractivity contribution in [2.75, 3.05) is 19.8 Å². The zero-order valence-electron chi connectivity index (χ0n) is 16.2. The van der Waals surface area contributed by atoms with Gasteiger partial charge in [-0.3, -0.25) is 14.9 Å². The summed E-state index contributed by atoms with van der Waals surface area (Å²) in [6.45, 7) is 6.32. The molecule has 1 aromatic carbocycles. The lowest BCUT2D eigenvalue weighted by molar-refractivity contribution is -0.145. The largest absolute Gasteiger partial charge is 0.381 e. The number of ketones is 2. The Morgan fingerprint density at radius 2 is 1.62 bits per heavy atom. The van der Waals surface area contributed by atoms with E-state index in [0.717, 1.165) is 31.2 Å². The molecule has 0 aliphatic carbocycles. The van der Waals surface area contributed by atoms with Gasteiger partial charge in [-0.15, -0.1) is 0 Å². The van der Waals surface area contributed by atoms with Crippen molar-refractivity contribution in [3.8, 4) is 0 Å². The molecule has 1 rings (SSSR count). The Hall–Kier alpha value is -1.56. The molecule has 0 heterocycles. The van der Waals surface area contributed by atoms with E-state index in [0.29, 0.717) is 32.8 Å². The van der Waals surface area contributed by atoms with Crippen LogP contribution in [-0.2, 0) is 25.6 Å². The van der Waals surface area contributed by atoms with Crippen molar-refractivity contribution in [1.82, 2.24) is 5.32 Å². The van der Waals surface area contributed by atoms with Crippen LogP contribution in [0, 0.1) is 0 Å². The number of nitrogens with one attached hydrogen (secondary N) is 1. The third-order valence-corrected chi connectivity index (χ3v) is 3.96. The van der Waals surface area contributed by atoms with Crippen LogP contribution in [-0.4, -0.2) is 37.6 Å². The van der Waals surface area contributed by atoms with Gasteiger partial charge in [0.15, 0.2) is 6.23 Å². The van der Waals surface area contributed by atoms with Crippen molar-refractivity contribution in [2.24, 2.45) is 0 Å². The molecule has 146 valence electrons. The minimum Gasteiger partial charge on any atom is -0.381 e. The molecular weight excluding hydrogens is 330 g/mol. The van der Waals surface area contributed by atoms with Gasteiger partial charge in [-0.1, -0.05) is 57.0 Å². The van der Waals surface area contributed by atoms with Crippen molar-refractivity contribution >= 4 is 11.6 Å². The molecule has 5 heteroatoms. The summed E-state index contributed by atoms with van der Waals surface area (Å²) in [6.07, 6.45) is 3.82. The summed E-state index contributed by atoms with van der Waals surface area (Å²) in [7, 11) is 0. The highest BCUT2D eigenvalue weighted by atomic mass is 16.5. The van der Waals surface area contributed by atoms with Gasteiger partial charge in [0.1, 0.15) is 0 Å². The van der Waals surface area contributed by atoms with Gasteiger partial charge in [0.25, 0.3) is 0 Å². The molecule has 0 fully saturated rings. The van der Waals surface area contributed by atoms with Gasteiger partial charge in [0, 0.05) is 32.8 Å². The Balaban J connectivity index is 2.44. The molecule has 0 radical (unpaired) electrons. The predicted molar refractivity (Wildman–Crippen MR) is 103 cm³/mol. The molecule has 1 unspecified atom stereocenters. The normalized spacial score (nSPS) is 12.1. The maximum atomic E-state index is 12.4. The second kappa shape index (κ2) is 14.6. The second-order valence-electron chi connectivity index (χ2n) is 6.33. The first-order valence-corrected chi connectivity index (χ1v) is 9.72. The fourth-order valence-corrected chi connectivity index (χ4v) is 2.33. The number of Topliss-reactive ketones (excluding diaryl/α,β-unsaturated/α-hetero) is 2. The first-order chi connectivity index (χ1) is 12.7. The quantitative estimate of drug-likeness (QED) is 0.276. The number of hydrogen-bond acceptors (Lipinski definition) is 5. The molecule has 0 amide bonds. The average molecular weight is 363 g/mol. The van der Waals surface area contributed by atoms with Crippen LogP contribution < -0.4 is 5.32 Å². The molecule has 0 saturated carbocycles. The van der Waals surface area contributed by atoms with Crippen LogP contribution in [0.1, 0.15) is 57.9 Å². The lowest BCUT2D eigenvalue weighted by atomic mass is 10.1. The number of rotatable bonds is 16. The molecule has 0 aliphatic rings. The van der Waals surface area contributed by atoms with Gasteiger partial charge < -0.3 is 9.47 Å². The van der Waals surface area contributed by atoms with Gasteiger partial charge in [-0.25, -0.2) is 0 Å². The van der Waals surface area contributed by atoms with Crippen LogP contribution in [0.5, 0.6) is 0 Å². The van der Waals surface area contributed by atoms with E-state index in [1.54, 1.807) is 0 Å². The van der Waals surface area contributed by atoms with E-state index in [9.17, 15) is 9.59 Å². The Morgan fingerprint density at radius 1 is 0.962 bits per heavy atom. The van der Waals surface area contributed by atoms with Crippen LogP contribution in [0.15, 0.2) is 30.3 Å². The zero-order valence-corrected chi connectivity index (χ0v) is 16.2. The molecule has 5 nitrogen and oxygen atoms in total. The fourth-order valence-electron chi connectivity index (χ4n) is 2.33. The van der Waals surface area contributed by atoms with E-state index in [1.807, 2.05) is 30.3 Å². The Morgan fingerprint density at radius 3 is 2.31 bits per heavy atom. The average Bonchev–Trinajstić information content (AvgIpc) is 2.67. The molecule has 0 saturated heterocycles. The molecular formula is C21H33NO4. The fraction of sp³-hybridized carbons (Fsp3) is 0.619. The minimum absolute atomic E-state index is 0.200. The Labute approximate surface area is 157 Å². The summed E-state index contributed by atoms with van der Waals surface area (Å²) in [4.78, 5) is 24.6. The molecule has 1 N–H and O–H groups in total. The maximum absolute atomic E-state index is 12.4. The Bertz CT molecular complexity index is 504. The van der Waals surface area contributed by atoms with E-state index in [2.05, 4.69) is 19.2 Å². The minimum atomic E-state index is -0.879.